The third kappa shape index (κ3) is 3.57. The molecule has 3 heterocycles. The lowest BCUT2D eigenvalue weighted by molar-refractivity contribution is 0.400. The predicted octanol–water partition coefficient (Wildman–Crippen LogP) is 2.95. The van der Waals surface area contributed by atoms with Gasteiger partial charge in [0.15, 0.2) is 0 Å². The van der Waals surface area contributed by atoms with E-state index in [9.17, 15) is 0 Å². The molecule has 2 aromatic rings. The summed E-state index contributed by atoms with van der Waals surface area (Å²) >= 11 is 0. The molecule has 0 spiro atoms. The maximum Gasteiger partial charge on any atom is 0.225 e. The molecule has 4 nitrogen and oxygen atoms in total. The number of piperidine rings is 1. The highest BCUT2D eigenvalue weighted by atomic mass is 15.3. The van der Waals surface area contributed by atoms with E-state index in [-0.39, 0.29) is 0 Å². The zero-order valence-corrected chi connectivity index (χ0v) is 12.8. The first-order valence-corrected chi connectivity index (χ1v) is 7.67. The van der Waals surface area contributed by atoms with E-state index in [1.54, 1.807) is 0 Å². The van der Waals surface area contributed by atoms with Crippen molar-refractivity contribution in [2.45, 2.75) is 33.1 Å². The summed E-state index contributed by atoms with van der Waals surface area (Å²) in [5, 5.41) is 0. The van der Waals surface area contributed by atoms with Crippen molar-refractivity contribution >= 4 is 5.95 Å². The Bertz CT molecular complexity index is 569. The summed E-state index contributed by atoms with van der Waals surface area (Å²) in [5.74, 6) is 1.64. The SMILES string of the molecule is Cc1cc(C)nc(N2CCC(Cc3cccnc3)CC2)n1. The number of anilines is 1. The molecule has 0 aromatic carbocycles. The van der Waals surface area contributed by atoms with Crippen LogP contribution in [0.3, 0.4) is 0 Å². The van der Waals surface area contributed by atoms with Crippen molar-refractivity contribution in [1.82, 2.24) is 15.0 Å². The van der Waals surface area contributed by atoms with Crippen LogP contribution in [0, 0.1) is 19.8 Å². The standard InChI is InChI=1S/C17H22N4/c1-13-10-14(2)20-17(19-13)21-8-5-15(6-9-21)11-16-4-3-7-18-12-16/h3-4,7,10,12,15H,5-6,8-9,11H2,1-2H3. The summed E-state index contributed by atoms with van der Waals surface area (Å²) in [5.41, 5.74) is 3.45. The van der Waals surface area contributed by atoms with Gasteiger partial charge in [0, 0.05) is 36.9 Å². The third-order valence-electron chi connectivity index (χ3n) is 4.12. The van der Waals surface area contributed by atoms with Gasteiger partial charge < -0.3 is 4.90 Å². The quantitative estimate of drug-likeness (QED) is 0.868. The normalized spacial score (nSPS) is 16.2. The minimum absolute atomic E-state index is 0.747. The molecule has 110 valence electrons. The predicted molar refractivity (Wildman–Crippen MR) is 84.4 cm³/mol. The van der Waals surface area contributed by atoms with Gasteiger partial charge in [-0.05, 0) is 56.7 Å². The van der Waals surface area contributed by atoms with Crippen molar-refractivity contribution in [2.24, 2.45) is 5.92 Å². The lowest BCUT2D eigenvalue weighted by Crippen LogP contribution is -2.35. The van der Waals surface area contributed by atoms with Crippen LogP contribution in [-0.2, 0) is 6.42 Å². The second kappa shape index (κ2) is 6.20. The topological polar surface area (TPSA) is 41.9 Å². The molecule has 0 aliphatic carbocycles. The van der Waals surface area contributed by atoms with Crippen molar-refractivity contribution in [3.63, 3.8) is 0 Å². The van der Waals surface area contributed by atoms with E-state index in [4.69, 9.17) is 0 Å². The Hall–Kier alpha value is -1.97. The fourth-order valence-corrected chi connectivity index (χ4v) is 3.04. The number of rotatable bonds is 3. The Kier molecular flexibility index (Phi) is 4.13. The van der Waals surface area contributed by atoms with Gasteiger partial charge in [-0.25, -0.2) is 9.97 Å². The summed E-state index contributed by atoms with van der Waals surface area (Å²) in [4.78, 5) is 15.7. The Morgan fingerprint density at radius 2 is 1.86 bits per heavy atom. The van der Waals surface area contributed by atoms with E-state index in [0.29, 0.717) is 0 Å². The van der Waals surface area contributed by atoms with Crippen molar-refractivity contribution in [1.29, 1.82) is 0 Å². The maximum absolute atomic E-state index is 4.57. The largest absolute Gasteiger partial charge is 0.341 e. The van der Waals surface area contributed by atoms with Gasteiger partial charge in [0.1, 0.15) is 0 Å². The van der Waals surface area contributed by atoms with Crippen LogP contribution in [-0.4, -0.2) is 28.0 Å². The van der Waals surface area contributed by atoms with Crippen molar-refractivity contribution in [3.8, 4) is 0 Å². The lowest BCUT2D eigenvalue weighted by Gasteiger charge is -2.32. The summed E-state index contributed by atoms with van der Waals surface area (Å²) in [6.45, 7) is 6.17. The fraction of sp³-hybridized carbons (Fsp3) is 0.471. The maximum atomic E-state index is 4.57. The van der Waals surface area contributed by atoms with Gasteiger partial charge in [-0.1, -0.05) is 6.07 Å². The smallest absolute Gasteiger partial charge is 0.225 e. The molecule has 0 atom stereocenters. The van der Waals surface area contributed by atoms with Crippen LogP contribution in [0.4, 0.5) is 5.95 Å². The molecule has 0 radical (unpaired) electrons. The van der Waals surface area contributed by atoms with E-state index in [1.807, 2.05) is 38.4 Å². The Morgan fingerprint density at radius 3 is 2.48 bits per heavy atom. The number of hydrogen-bond donors (Lipinski definition) is 0. The van der Waals surface area contributed by atoms with Gasteiger partial charge in [-0.2, -0.15) is 0 Å². The zero-order chi connectivity index (χ0) is 14.7. The van der Waals surface area contributed by atoms with Crippen LogP contribution < -0.4 is 4.90 Å². The van der Waals surface area contributed by atoms with Gasteiger partial charge >= 0.3 is 0 Å². The number of aryl methyl sites for hydroxylation is 2. The molecule has 3 rings (SSSR count). The monoisotopic (exact) mass is 282 g/mol. The van der Waals surface area contributed by atoms with Gasteiger partial charge in [-0.15, -0.1) is 0 Å². The molecule has 1 aliphatic rings. The average Bonchev–Trinajstić information content (AvgIpc) is 2.48. The first-order valence-electron chi connectivity index (χ1n) is 7.67. The second-order valence-corrected chi connectivity index (χ2v) is 5.95. The number of nitrogens with zero attached hydrogens (tertiary/aromatic N) is 4. The van der Waals surface area contributed by atoms with Crippen LogP contribution >= 0.6 is 0 Å². The molecule has 1 aliphatic heterocycles. The number of aromatic nitrogens is 3. The van der Waals surface area contributed by atoms with Crippen molar-refractivity contribution in [2.75, 3.05) is 18.0 Å². The first-order chi connectivity index (χ1) is 10.2. The first kappa shape index (κ1) is 14.0. The fourth-order valence-electron chi connectivity index (χ4n) is 3.04. The minimum Gasteiger partial charge on any atom is -0.341 e. The molecular weight excluding hydrogens is 260 g/mol. The van der Waals surface area contributed by atoms with Crippen LogP contribution in [0.5, 0.6) is 0 Å². The number of hydrogen-bond acceptors (Lipinski definition) is 4. The second-order valence-electron chi connectivity index (χ2n) is 5.95. The molecule has 1 saturated heterocycles. The van der Waals surface area contributed by atoms with Crippen LogP contribution in [0.2, 0.25) is 0 Å². The summed E-state index contributed by atoms with van der Waals surface area (Å²) in [6, 6.07) is 6.22. The van der Waals surface area contributed by atoms with Crippen LogP contribution in [0.1, 0.15) is 29.8 Å². The van der Waals surface area contributed by atoms with Crippen molar-refractivity contribution in [3.05, 3.63) is 47.5 Å². The third-order valence-corrected chi connectivity index (χ3v) is 4.12. The molecular formula is C17H22N4. The van der Waals surface area contributed by atoms with Gasteiger partial charge in [0.25, 0.3) is 0 Å². The molecule has 0 N–H and O–H groups in total. The molecule has 0 bridgehead atoms. The molecule has 0 unspecified atom stereocenters. The van der Waals surface area contributed by atoms with Gasteiger partial charge in [0.2, 0.25) is 5.95 Å². The minimum atomic E-state index is 0.747. The highest BCUT2D eigenvalue weighted by Gasteiger charge is 2.21. The van der Waals surface area contributed by atoms with Crippen LogP contribution in [0.15, 0.2) is 30.6 Å². The summed E-state index contributed by atoms with van der Waals surface area (Å²) < 4.78 is 0. The molecule has 2 aromatic heterocycles. The summed E-state index contributed by atoms with van der Waals surface area (Å²) in [6.07, 6.45) is 7.36. The lowest BCUT2D eigenvalue weighted by atomic mass is 9.91. The van der Waals surface area contributed by atoms with E-state index in [0.717, 1.165) is 42.8 Å². The molecule has 0 saturated carbocycles. The van der Waals surface area contributed by atoms with E-state index < -0.39 is 0 Å². The average molecular weight is 282 g/mol. The zero-order valence-electron chi connectivity index (χ0n) is 12.8. The van der Waals surface area contributed by atoms with Crippen molar-refractivity contribution < 1.29 is 0 Å². The number of pyridine rings is 1. The van der Waals surface area contributed by atoms with E-state index in [2.05, 4.69) is 25.9 Å². The van der Waals surface area contributed by atoms with E-state index in [1.165, 1.54) is 18.4 Å². The highest BCUT2D eigenvalue weighted by Crippen LogP contribution is 2.24. The highest BCUT2D eigenvalue weighted by molar-refractivity contribution is 5.32. The van der Waals surface area contributed by atoms with Gasteiger partial charge in [0.05, 0.1) is 0 Å². The Balaban J connectivity index is 1.60. The van der Waals surface area contributed by atoms with E-state index >= 15 is 0 Å². The molecule has 21 heavy (non-hydrogen) atoms. The molecule has 0 amide bonds. The molecule has 1 fully saturated rings. The Morgan fingerprint density at radius 1 is 1.14 bits per heavy atom. The van der Waals surface area contributed by atoms with Gasteiger partial charge in [-0.3, -0.25) is 4.98 Å². The Labute approximate surface area is 126 Å². The summed E-state index contributed by atoms with van der Waals surface area (Å²) in [7, 11) is 0. The van der Waals surface area contributed by atoms with Crippen LogP contribution in [0.25, 0.3) is 0 Å². The molecule has 4 heteroatoms.